The number of para-hydroxylation sites is 1. The van der Waals surface area contributed by atoms with E-state index in [9.17, 15) is 24.0 Å². The number of likely N-dealkylation sites (N-methyl/N-ethyl adjacent to an activating group) is 1. The second kappa shape index (κ2) is 13.1. The Balaban J connectivity index is 1.81. The molecule has 1 aromatic rings. The third-order valence-corrected chi connectivity index (χ3v) is 6.85. The summed E-state index contributed by atoms with van der Waals surface area (Å²) in [5.41, 5.74) is 0.215. The molecule has 1 fully saturated rings. The van der Waals surface area contributed by atoms with Crippen LogP contribution in [0.3, 0.4) is 0 Å². The average molecular weight is 516 g/mol. The molecule has 37 heavy (non-hydrogen) atoms. The van der Waals surface area contributed by atoms with E-state index >= 15 is 0 Å². The highest BCUT2D eigenvalue weighted by Crippen LogP contribution is 2.19. The van der Waals surface area contributed by atoms with E-state index in [0.29, 0.717) is 31.7 Å². The summed E-state index contributed by atoms with van der Waals surface area (Å²) in [6, 6.07) is 4.63. The summed E-state index contributed by atoms with van der Waals surface area (Å²) in [5.74, 6) is -1.67. The minimum atomic E-state index is -1.19. The number of carbonyl (C=O) groups is 5. The van der Waals surface area contributed by atoms with Gasteiger partial charge in [0.1, 0.15) is 24.4 Å². The Kier molecular flexibility index (Phi) is 9.87. The molecule has 0 radical (unpaired) electrons. The number of benzene rings is 1. The topological polar surface area (TPSA) is 137 Å². The molecule has 0 bridgehead atoms. The molecule has 0 aliphatic carbocycles. The van der Waals surface area contributed by atoms with E-state index in [4.69, 9.17) is 4.74 Å². The van der Waals surface area contributed by atoms with Gasteiger partial charge in [-0.05, 0) is 24.5 Å². The summed E-state index contributed by atoms with van der Waals surface area (Å²) in [4.78, 5) is 67.4. The Morgan fingerprint density at radius 2 is 1.92 bits per heavy atom. The van der Waals surface area contributed by atoms with Crippen LogP contribution in [0.15, 0.2) is 24.3 Å². The summed E-state index contributed by atoms with van der Waals surface area (Å²) in [7, 11) is 1.64. The predicted molar refractivity (Wildman–Crippen MR) is 136 cm³/mol. The number of carbonyl (C=O) groups excluding carboxylic acids is 5. The number of amides is 5. The lowest BCUT2D eigenvalue weighted by Gasteiger charge is -2.29. The Morgan fingerprint density at radius 1 is 1.16 bits per heavy atom. The predicted octanol–water partition coefficient (Wildman–Crippen LogP) is 0.295. The van der Waals surface area contributed by atoms with Crippen molar-refractivity contribution in [1.29, 1.82) is 0 Å². The number of hydrogen-bond acceptors (Lipinski definition) is 6. The number of ether oxygens (including phenoxy) is 1. The maximum Gasteiger partial charge on any atom is 0.255 e. The van der Waals surface area contributed by atoms with Crippen LogP contribution in [-0.4, -0.2) is 91.3 Å². The quantitative estimate of drug-likeness (QED) is 0.498. The molecule has 2 aliphatic rings. The van der Waals surface area contributed by atoms with Gasteiger partial charge < -0.3 is 30.5 Å². The molecule has 202 valence electrons. The van der Waals surface area contributed by atoms with Crippen molar-refractivity contribution in [2.75, 3.05) is 39.8 Å². The fraction of sp³-hybridized carbons (Fsp3) is 0.577. The molecule has 11 nitrogen and oxygen atoms in total. The normalized spacial score (nSPS) is 22.4. The van der Waals surface area contributed by atoms with E-state index in [1.54, 1.807) is 36.2 Å². The van der Waals surface area contributed by atoms with Gasteiger partial charge in [-0.15, -0.1) is 0 Å². The van der Waals surface area contributed by atoms with Crippen LogP contribution in [0.1, 0.15) is 49.9 Å². The van der Waals surface area contributed by atoms with Gasteiger partial charge in [0.2, 0.25) is 23.6 Å². The maximum absolute atomic E-state index is 13.1. The Labute approximate surface area is 217 Å². The van der Waals surface area contributed by atoms with Crippen molar-refractivity contribution < 1.29 is 28.7 Å². The molecular formula is C26H37N5O6. The number of nitrogens with one attached hydrogen (secondary N) is 3. The largest absolute Gasteiger partial charge is 0.491 e. The molecule has 11 heteroatoms. The fourth-order valence-corrected chi connectivity index (χ4v) is 4.34. The van der Waals surface area contributed by atoms with Crippen LogP contribution in [0.25, 0.3) is 0 Å². The van der Waals surface area contributed by atoms with Crippen LogP contribution in [0, 0.1) is 5.92 Å². The highest BCUT2D eigenvalue weighted by molar-refractivity contribution is 6.01. The third kappa shape index (κ3) is 7.43. The van der Waals surface area contributed by atoms with Gasteiger partial charge in [-0.3, -0.25) is 24.0 Å². The van der Waals surface area contributed by atoms with E-state index < -0.39 is 29.8 Å². The lowest BCUT2D eigenvalue weighted by Crippen LogP contribution is -2.54. The summed E-state index contributed by atoms with van der Waals surface area (Å²) >= 11 is 0. The fourth-order valence-electron chi connectivity index (χ4n) is 4.34. The smallest absolute Gasteiger partial charge is 0.255 e. The highest BCUT2D eigenvalue weighted by Gasteiger charge is 2.32. The zero-order valence-electron chi connectivity index (χ0n) is 21.7. The van der Waals surface area contributed by atoms with Gasteiger partial charge in [0, 0.05) is 33.1 Å². The van der Waals surface area contributed by atoms with Crippen molar-refractivity contribution in [3.05, 3.63) is 29.8 Å². The van der Waals surface area contributed by atoms with E-state index in [-0.39, 0.29) is 49.4 Å². The number of nitrogens with zero attached hydrogens (tertiary/aromatic N) is 2. The van der Waals surface area contributed by atoms with Crippen LogP contribution in [0.4, 0.5) is 0 Å². The number of rotatable bonds is 6. The highest BCUT2D eigenvalue weighted by atomic mass is 16.5. The van der Waals surface area contributed by atoms with Gasteiger partial charge in [0.25, 0.3) is 5.91 Å². The molecule has 0 saturated carbocycles. The van der Waals surface area contributed by atoms with Crippen molar-refractivity contribution in [3.63, 3.8) is 0 Å². The monoisotopic (exact) mass is 515 g/mol. The summed E-state index contributed by atoms with van der Waals surface area (Å²) in [6.07, 6.45) is 1.59. The van der Waals surface area contributed by atoms with Gasteiger partial charge in [0.15, 0.2) is 0 Å². The molecule has 1 saturated heterocycles. The molecular weight excluding hydrogens is 478 g/mol. The molecule has 0 aromatic heterocycles. The average Bonchev–Trinajstić information content (AvgIpc) is 3.29. The van der Waals surface area contributed by atoms with Gasteiger partial charge in [-0.2, -0.15) is 0 Å². The molecule has 0 spiro atoms. The molecule has 3 rings (SSSR count). The Morgan fingerprint density at radius 3 is 2.62 bits per heavy atom. The summed E-state index contributed by atoms with van der Waals surface area (Å²) < 4.78 is 5.81. The van der Waals surface area contributed by atoms with E-state index in [0.717, 1.165) is 6.42 Å². The van der Waals surface area contributed by atoms with Crippen LogP contribution in [0.2, 0.25) is 0 Å². The lowest BCUT2D eigenvalue weighted by atomic mass is 9.97. The van der Waals surface area contributed by atoms with Crippen molar-refractivity contribution in [3.8, 4) is 5.75 Å². The third-order valence-electron chi connectivity index (χ3n) is 6.85. The van der Waals surface area contributed by atoms with Crippen molar-refractivity contribution in [1.82, 2.24) is 25.8 Å². The number of hydrogen-bond donors (Lipinski definition) is 3. The summed E-state index contributed by atoms with van der Waals surface area (Å²) in [6.45, 7) is 5.40. The van der Waals surface area contributed by atoms with Crippen molar-refractivity contribution >= 4 is 29.5 Å². The van der Waals surface area contributed by atoms with E-state index in [1.165, 1.54) is 4.90 Å². The van der Waals surface area contributed by atoms with Crippen molar-refractivity contribution in [2.24, 2.45) is 5.92 Å². The molecule has 3 atom stereocenters. The zero-order valence-corrected chi connectivity index (χ0v) is 21.7. The first-order valence-electron chi connectivity index (χ1n) is 12.8. The van der Waals surface area contributed by atoms with Gasteiger partial charge in [0.05, 0.1) is 18.5 Å². The molecule has 0 unspecified atom stereocenters. The molecule has 5 amide bonds. The van der Waals surface area contributed by atoms with Gasteiger partial charge >= 0.3 is 0 Å². The van der Waals surface area contributed by atoms with Crippen LogP contribution in [0.5, 0.6) is 5.75 Å². The molecule has 2 heterocycles. The Bertz CT molecular complexity index is 1010. The maximum atomic E-state index is 13.1. The van der Waals surface area contributed by atoms with Crippen molar-refractivity contribution in [2.45, 2.75) is 51.6 Å². The van der Waals surface area contributed by atoms with E-state index in [2.05, 4.69) is 16.0 Å². The van der Waals surface area contributed by atoms with Crippen LogP contribution >= 0.6 is 0 Å². The van der Waals surface area contributed by atoms with Gasteiger partial charge in [-0.1, -0.05) is 32.4 Å². The Hall–Kier alpha value is -3.63. The first-order chi connectivity index (χ1) is 17.7. The SMILES string of the molecule is CC[C@H](C)[C@@H]1NC(=O)C[C@@H](C(=O)NCCN2CCCC2=O)NC(=O)c2ccccc2OCCN(C)C1=O. The minimum Gasteiger partial charge on any atom is -0.491 e. The molecule has 1 aromatic carbocycles. The number of fused-ring (bicyclic) bond motifs is 1. The molecule has 2 aliphatic heterocycles. The first-order valence-corrected chi connectivity index (χ1v) is 12.8. The summed E-state index contributed by atoms with van der Waals surface area (Å²) in [5, 5.41) is 8.15. The standard InChI is InChI=1S/C26H37N5O6/c1-4-17(2)23-26(36)30(3)14-15-37-20-9-6-5-8-18(20)24(34)28-19(16-21(32)29-23)25(35)27-11-13-31-12-7-10-22(31)33/h5-6,8-9,17,19,23H,4,7,10-16H2,1-3H3,(H,27,35)(H,28,34)(H,29,32)/t17-,19-,23-/m0/s1. The zero-order chi connectivity index (χ0) is 26.9. The second-order valence-electron chi connectivity index (χ2n) is 9.54. The lowest BCUT2D eigenvalue weighted by molar-refractivity contribution is -0.137. The number of likely N-dealkylation sites (tertiary alicyclic amines) is 1. The van der Waals surface area contributed by atoms with Crippen LogP contribution < -0.4 is 20.7 Å². The molecule has 3 N–H and O–H groups in total. The second-order valence-corrected chi connectivity index (χ2v) is 9.54. The van der Waals surface area contributed by atoms with Crippen LogP contribution in [-0.2, 0) is 19.2 Å². The minimum absolute atomic E-state index is 0.0437. The van der Waals surface area contributed by atoms with Gasteiger partial charge in [-0.25, -0.2) is 0 Å². The van der Waals surface area contributed by atoms with E-state index in [1.807, 2.05) is 13.8 Å². The first kappa shape index (κ1) is 27.9.